The summed E-state index contributed by atoms with van der Waals surface area (Å²) in [6.07, 6.45) is 3.18. The zero-order valence-corrected chi connectivity index (χ0v) is 20.1. The molecule has 0 radical (unpaired) electrons. The van der Waals surface area contributed by atoms with Crippen molar-refractivity contribution in [3.63, 3.8) is 0 Å². The summed E-state index contributed by atoms with van der Waals surface area (Å²) in [6, 6.07) is 14.8. The molecule has 4 aliphatic rings. The Bertz CT molecular complexity index is 991. The van der Waals surface area contributed by atoms with Crippen LogP contribution in [0.2, 0.25) is 0 Å². The average molecular weight is 492 g/mol. The van der Waals surface area contributed by atoms with Crippen molar-refractivity contribution in [2.24, 2.45) is 11.8 Å². The maximum atomic E-state index is 13.1. The van der Waals surface area contributed by atoms with E-state index in [0.29, 0.717) is 24.7 Å². The number of likely N-dealkylation sites (tertiary alicyclic amines) is 1. The summed E-state index contributed by atoms with van der Waals surface area (Å²) >= 11 is 0. The first-order chi connectivity index (χ1) is 15.2. The van der Waals surface area contributed by atoms with Crippen LogP contribution < -0.4 is 20.1 Å². The monoisotopic (exact) mass is 491 g/mol. The fraction of sp³-hybridized carbons (Fsp3) is 0.480. The second kappa shape index (κ2) is 10.1. The molecule has 2 N–H and O–H groups in total. The summed E-state index contributed by atoms with van der Waals surface area (Å²) < 4.78 is 11.0. The van der Waals surface area contributed by atoms with Gasteiger partial charge in [0.05, 0.1) is 6.04 Å². The lowest BCUT2D eigenvalue weighted by Crippen LogP contribution is -2.56. The maximum Gasteiger partial charge on any atom is 0.237 e. The molecule has 8 heteroatoms. The highest BCUT2D eigenvalue weighted by molar-refractivity contribution is 5.85. The minimum Gasteiger partial charge on any atom is -0.454 e. The van der Waals surface area contributed by atoms with E-state index in [2.05, 4.69) is 51.9 Å². The molecule has 178 valence electrons. The predicted molar refractivity (Wildman–Crippen MR) is 131 cm³/mol. The molecule has 2 aromatic rings. The summed E-state index contributed by atoms with van der Waals surface area (Å²) in [6.45, 7) is 4.09. The zero-order valence-electron chi connectivity index (χ0n) is 18.5. The Morgan fingerprint density at radius 3 is 2.52 bits per heavy atom. The van der Waals surface area contributed by atoms with E-state index in [-0.39, 0.29) is 36.8 Å². The fourth-order valence-electron chi connectivity index (χ4n) is 5.89. The molecule has 6 rings (SSSR count). The zero-order chi connectivity index (χ0) is 20.8. The van der Waals surface area contributed by atoms with Gasteiger partial charge >= 0.3 is 0 Å². The van der Waals surface area contributed by atoms with Crippen molar-refractivity contribution in [3.8, 4) is 11.5 Å². The van der Waals surface area contributed by atoms with E-state index >= 15 is 0 Å². The molecule has 3 atom stereocenters. The van der Waals surface area contributed by atoms with E-state index in [4.69, 9.17) is 9.47 Å². The minimum atomic E-state index is -0.124. The average Bonchev–Trinajstić information content (AvgIpc) is 3.34. The number of nitrogens with zero attached hydrogens (tertiary/aromatic N) is 1. The molecule has 0 aromatic heterocycles. The number of ether oxygens (including phenoxy) is 2. The first-order valence-electron chi connectivity index (χ1n) is 11.4. The number of hydrogen-bond donors (Lipinski definition) is 2. The van der Waals surface area contributed by atoms with Gasteiger partial charge in [0.1, 0.15) is 0 Å². The van der Waals surface area contributed by atoms with Gasteiger partial charge in [-0.3, -0.25) is 9.69 Å². The highest BCUT2D eigenvalue weighted by atomic mass is 35.5. The molecule has 3 aliphatic heterocycles. The quantitative estimate of drug-likeness (QED) is 0.686. The lowest BCUT2D eigenvalue weighted by molar-refractivity contribution is -0.125. The van der Waals surface area contributed by atoms with Crippen LogP contribution in [0.5, 0.6) is 11.5 Å². The van der Waals surface area contributed by atoms with Gasteiger partial charge < -0.3 is 20.1 Å². The Balaban J connectivity index is 0.00000130. The molecular weight excluding hydrogens is 461 g/mol. The Morgan fingerprint density at radius 1 is 1.00 bits per heavy atom. The Hall–Kier alpha value is -1.99. The van der Waals surface area contributed by atoms with E-state index in [1.807, 2.05) is 6.07 Å². The number of fused-ring (bicyclic) bond motifs is 4. The lowest BCUT2D eigenvalue weighted by atomic mass is 9.90. The summed E-state index contributed by atoms with van der Waals surface area (Å²) in [7, 11) is 0. The molecule has 0 spiro atoms. The number of rotatable bonds is 4. The minimum absolute atomic E-state index is 0. The molecule has 6 nitrogen and oxygen atoms in total. The van der Waals surface area contributed by atoms with Crippen LogP contribution in [0.4, 0.5) is 0 Å². The molecular formula is C25H31Cl2N3O3. The molecule has 3 heterocycles. The number of carbonyl (C=O) groups excluding carboxylic acids is 1. The van der Waals surface area contributed by atoms with Gasteiger partial charge in [-0.2, -0.15) is 0 Å². The number of nitrogens with one attached hydrogen (secondary N) is 2. The Labute approximate surface area is 207 Å². The maximum absolute atomic E-state index is 13.1. The van der Waals surface area contributed by atoms with Crippen LogP contribution in [0.3, 0.4) is 0 Å². The Morgan fingerprint density at radius 2 is 1.73 bits per heavy atom. The number of amides is 1. The van der Waals surface area contributed by atoms with Gasteiger partial charge in [-0.25, -0.2) is 0 Å². The molecule has 1 aliphatic carbocycles. The predicted octanol–water partition coefficient (Wildman–Crippen LogP) is 3.30. The number of piperidine rings is 1. The second-order valence-electron chi connectivity index (χ2n) is 9.42. The topological polar surface area (TPSA) is 62.8 Å². The normalized spacial score (nSPS) is 27.2. The van der Waals surface area contributed by atoms with E-state index in [1.54, 1.807) is 0 Å². The number of carbonyl (C=O) groups is 1. The van der Waals surface area contributed by atoms with Gasteiger partial charge in [-0.1, -0.05) is 30.3 Å². The highest BCUT2D eigenvalue weighted by Crippen LogP contribution is 2.38. The first-order valence-corrected chi connectivity index (χ1v) is 11.4. The largest absolute Gasteiger partial charge is 0.454 e. The number of halogens is 2. The summed E-state index contributed by atoms with van der Waals surface area (Å²) in [5.41, 5.74) is 3.86. The molecule has 1 amide bonds. The number of benzene rings is 2. The van der Waals surface area contributed by atoms with Crippen LogP contribution in [-0.4, -0.2) is 42.8 Å². The fourth-order valence-corrected chi connectivity index (χ4v) is 5.89. The van der Waals surface area contributed by atoms with Crippen molar-refractivity contribution in [1.29, 1.82) is 0 Å². The van der Waals surface area contributed by atoms with E-state index < -0.39 is 0 Å². The molecule has 2 aromatic carbocycles. The van der Waals surface area contributed by atoms with Crippen molar-refractivity contribution in [2.75, 3.05) is 19.9 Å². The molecule has 1 saturated heterocycles. The van der Waals surface area contributed by atoms with Gasteiger partial charge in [-0.05, 0) is 59.9 Å². The van der Waals surface area contributed by atoms with Crippen LogP contribution in [0, 0.1) is 11.8 Å². The molecule has 33 heavy (non-hydrogen) atoms. The number of hydrogen-bond acceptors (Lipinski definition) is 5. The van der Waals surface area contributed by atoms with Gasteiger partial charge in [0.15, 0.2) is 11.5 Å². The van der Waals surface area contributed by atoms with Crippen LogP contribution in [0.1, 0.15) is 29.5 Å². The third kappa shape index (κ3) is 4.80. The lowest BCUT2D eigenvalue weighted by Gasteiger charge is -2.39. The van der Waals surface area contributed by atoms with Crippen molar-refractivity contribution in [2.45, 2.75) is 44.4 Å². The first kappa shape index (κ1) is 24.1. The van der Waals surface area contributed by atoms with Crippen molar-refractivity contribution in [3.05, 3.63) is 59.2 Å². The third-order valence-electron chi connectivity index (χ3n) is 7.46. The van der Waals surface area contributed by atoms with Crippen LogP contribution in [0.15, 0.2) is 42.5 Å². The Kier molecular flexibility index (Phi) is 7.39. The van der Waals surface area contributed by atoms with E-state index in [9.17, 15) is 4.79 Å². The second-order valence-corrected chi connectivity index (χ2v) is 9.42. The van der Waals surface area contributed by atoms with E-state index in [0.717, 1.165) is 44.1 Å². The van der Waals surface area contributed by atoms with E-state index in [1.165, 1.54) is 29.5 Å². The summed E-state index contributed by atoms with van der Waals surface area (Å²) in [5.74, 6) is 2.93. The van der Waals surface area contributed by atoms with Crippen LogP contribution >= 0.6 is 24.8 Å². The molecule has 1 saturated carbocycles. The van der Waals surface area contributed by atoms with Crippen molar-refractivity contribution >= 4 is 30.7 Å². The van der Waals surface area contributed by atoms with Crippen molar-refractivity contribution in [1.82, 2.24) is 15.5 Å². The molecule has 2 bridgehead atoms. The van der Waals surface area contributed by atoms with Crippen molar-refractivity contribution < 1.29 is 14.3 Å². The summed E-state index contributed by atoms with van der Waals surface area (Å²) in [5, 5.41) is 6.87. The van der Waals surface area contributed by atoms with Gasteiger partial charge in [-0.15, -0.1) is 24.8 Å². The van der Waals surface area contributed by atoms with Crippen LogP contribution in [0.25, 0.3) is 0 Å². The van der Waals surface area contributed by atoms with Gasteiger partial charge in [0.25, 0.3) is 0 Å². The molecule has 2 fully saturated rings. The third-order valence-corrected chi connectivity index (χ3v) is 7.46. The smallest absolute Gasteiger partial charge is 0.237 e. The van der Waals surface area contributed by atoms with Gasteiger partial charge in [0, 0.05) is 32.2 Å². The highest BCUT2D eigenvalue weighted by Gasteiger charge is 2.43. The molecule has 3 unspecified atom stereocenters. The summed E-state index contributed by atoms with van der Waals surface area (Å²) in [4.78, 5) is 15.6. The van der Waals surface area contributed by atoms with Crippen LogP contribution in [-0.2, 0) is 24.3 Å². The van der Waals surface area contributed by atoms with Gasteiger partial charge in [0.2, 0.25) is 12.7 Å². The standard InChI is InChI=1S/C25H29N3O3.2ClH/c29-25(21-10-17-3-1-2-4-18(17)11-26-21)27-24-19-6-7-20(24)14-28(13-19)12-16-5-8-22-23(9-16)31-15-30-22;;/h1-5,8-9,19-21,24,26H,6-7,10-15H2,(H,27,29);2*1H. The SMILES string of the molecule is Cl.Cl.O=C(NC1C2CCC1CN(Cc1ccc3c(c1)OCO3)C2)C1Cc2ccccc2CN1.